The van der Waals surface area contributed by atoms with Gasteiger partial charge in [0.05, 0.1) is 5.70 Å². The van der Waals surface area contributed by atoms with Gasteiger partial charge >= 0.3 is 0 Å². The Kier molecular flexibility index (Phi) is 2.64. The van der Waals surface area contributed by atoms with Gasteiger partial charge in [0.25, 0.3) is 0 Å². The van der Waals surface area contributed by atoms with Gasteiger partial charge in [-0.2, -0.15) is 0 Å². The summed E-state index contributed by atoms with van der Waals surface area (Å²) in [6.45, 7) is 1.75. The monoisotopic (exact) mass is 161 g/mol. The minimum Gasteiger partial charge on any atom is -0.396 e. The maximum atomic E-state index is 11.4. The fraction of sp³-hybridized carbons (Fsp3) is 0.100. The molecule has 0 bridgehead atoms. The molecule has 0 atom stereocenters. The van der Waals surface area contributed by atoms with E-state index in [2.05, 4.69) is 0 Å². The molecule has 62 valence electrons. The van der Waals surface area contributed by atoms with Crippen LogP contribution in [0.5, 0.6) is 0 Å². The van der Waals surface area contributed by atoms with Crippen molar-refractivity contribution in [1.82, 2.24) is 0 Å². The zero-order valence-corrected chi connectivity index (χ0v) is 6.95. The van der Waals surface area contributed by atoms with Crippen molar-refractivity contribution < 1.29 is 4.79 Å². The molecular weight excluding hydrogens is 150 g/mol. The largest absolute Gasteiger partial charge is 0.396 e. The van der Waals surface area contributed by atoms with Crippen molar-refractivity contribution >= 4 is 5.78 Å². The number of rotatable bonds is 2. The molecule has 0 saturated carbocycles. The lowest BCUT2D eigenvalue weighted by molar-refractivity contribution is 0.103. The van der Waals surface area contributed by atoms with E-state index in [0.717, 1.165) is 0 Å². The molecule has 1 aromatic carbocycles. The number of benzene rings is 1. The molecular formula is C10H11NO. The highest BCUT2D eigenvalue weighted by atomic mass is 16.1. The summed E-state index contributed by atoms with van der Waals surface area (Å²) in [6, 6.07) is 8.99. The third-order valence-electron chi connectivity index (χ3n) is 1.61. The summed E-state index contributed by atoms with van der Waals surface area (Å²) in [6.07, 6.45) is 1.61. The van der Waals surface area contributed by atoms with E-state index in [9.17, 15) is 4.79 Å². The van der Waals surface area contributed by atoms with E-state index in [-0.39, 0.29) is 5.78 Å². The van der Waals surface area contributed by atoms with Crippen LogP contribution in [-0.2, 0) is 0 Å². The Bertz CT molecular complexity index is 301. The van der Waals surface area contributed by atoms with Crippen molar-refractivity contribution in [2.45, 2.75) is 6.92 Å². The van der Waals surface area contributed by atoms with Gasteiger partial charge in [-0.1, -0.05) is 36.4 Å². The molecule has 0 heterocycles. The first-order valence-electron chi connectivity index (χ1n) is 3.77. The highest BCUT2D eigenvalue weighted by Gasteiger charge is 2.05. The summed E-state index contributed by atoms with van der Waals surface area (Å²) in [5.41, 5.74) is 6.39. The van der Waals surface area contributed by atoms with Gasteiger partial charge in [0, 0.05) is 5.56 Å². The molecule has 1 aromatic rings. The van der Waals surface area contributed by atoms with Crippen LogP contribution in [0.25, 0.3) is 0 Å². The summed E-state index contributed by atoms with van der Waals surface area (Å²) >= 11 is 0. The van der Waals surface area contributed by atoms with E-state index in [4.69, 9.17) is 5.73 Å². The number of nitrogens with two attached hydrogens (primary N) is 1. The average Bonchev–Trinajstić information content (AvgIpc) is 2.17. The predicted molar refractivity (Wildman–Crippen MR) is 48.7 cm³/mol. The zero-order chi connectivity index (χ0) is 8.97. The fourth-order valence-electron chi connectivity index (χ4n) is 0.887. The van der Waals surface area contributed by atoms with Gasteiger partial charge in [0.15, 0.2) is 0 Å². The van der Waals surface area contributed by atoms with Crippen molar-refractivity contribution in [3.63, 3.8) is 0 Å². The van der Waals surface area contributed by atoms with Crippen LogP contribution in [0, 0.1) is 0 Å². The quantitative estimate of drug-likeness (QED) is 0.530. The number of ketones is 1. The van der Waals surface area contributed by atoms with Crippen molar-refractivity contribution in [1.29, 1.82) is 0 Å². The maximum Gasteiger partial charge on any atom is 0.208 e. The van der Waals surface area contributed by atoms with Crippen molar-refractivity contribution in [3.8, 4) is 0 Å². The molecule has 1 rings (SSSR count). The number of carbonyl (C=O) groups excluding carboxylic acids is 1. The van der Waals surface area contributed by atoms with Crippen LogP contribution in [0.4, 0.5) is 0 Å². The highest BCUT2D eigenvalue weighted by Crippen LogP contribution is 2.03. The SMILES string of the molecule is C/C=C(\N)C(=O)c1ccccc1. The lowest BCUT2D eigenvalue weighted by Crippen LogP contribution is -2.10. The average molecular weight is 161 g/mol. The van der Waals surface area contributed by atoms with Crippen LogP contribution in [0.1, 0.15) is 17.3 Å². The van der Waals surface area contributed by atoms with Gasteiger partial charge in [-0.05, 0) is 6.92 Å². The first kappa shape index (κ1) is 8.53. The summed E-state index contributed by atoms with van der Waals surface area (Å²) in [5.74, 6) is -0.113. The molecule has 0 amide bonds. The van der Waals surface area contributed by atoms with E-state index in [1.807, 2.05) is 18.2 Å². The molecule has 0 aliphatic heterocycles. The minimum atomic E-state index is -0.113. The lowest BCUT2D eigenvalue weighted by Gasteiger charge is -1.98. The molecule has 2 nitrogen and oxygen atoms in total. The van der Waals surface area contributed by atoms with Gasteiger partial charge in [-0.15, -0.1) is 0 Å². The van der Waals surface area contributed by atoms with Crippen LogP contribution < -0.4 is 5.73 Å². The smallest absolute Gasteiger partial charge is 0.208 e. The molecule has 0 radical (unpaired) electrons. The van der Waals surface area contributed by atoms with Gasteiger partial charge in [-0.25, -0.2) is 0 Å². The summed E-state index contributed by atoms with van der Waals surface area (Å²) < 4.78 is 0. The number of hydrogen-bond acceptors (Lipinski definition) is 2. The zero-order valence-electron chi connectivity index (χ0n) is 6.95. The third kappa shape index (κ3) is 1.72. The Morgan fingerprint density at radius 1 is 1.33 bits per heavy atom. The summed E-state index contributed by atoms with van der Waals surface area (Å²) in [4.78, 5) is 11.4. The Hall–Kier alpha value is -1.57. The molecule has 0 aromatic heterocycles. The summed E-state index contributed by atoms with van der Waals surface area (Å²) in [7, 11) is 0. The van der Waals surface area contributed by atoms with E-state index < -0.39 is 0 Å². The molecule has 0 fully saturated rings. The molecule has 0 unspecified atom stereocenters. The molecule has 0 aliphatic rings. The second kappa shape index (κ2) is 3.72. The number of hydrogen-bond donors (Lipinski definition) is 1. The molecule has 0 aliphatic carbocycles. The fourth-order valence-corrected chi connectivity index (χ4v) is 0.887. The van der Waals surface area contributed by atoms with Gasteiger partial charge in [0.1, 0.15) is 0 Å². The summed E-state index contributed by atoms with van der Waals surface area (Å²) in [5, 5.41) is 0. The van der Waals surface area contributed by atoms with E-state index >= 15 is 0 Å². The van der Waals surface area contributed by atoms with E-state index in [1.54, 1.807) is 25.1 Å². The highest BCUT2D eigenvalue weighted by molar-refractivity contribution is 6.07. The second-order valence-corrected chi connectivity index (χ2v) is 2.44. The molecule has 2 heteroatoms. The standard InChI is InChI=1S/C10H11NO/c1-2-9(11)10(12)8-6-4-3-5-7-8/h2-7H,11H2,1H3/b9-2-. The van der Waals surface area contributed by atoms with Crippen molar-refractivity contribution in [3.05, 3.63) is 47.7 Å². The molecule has 2 N–H and O–H groups in total. The van der Waals surface area contributed by atoms with Crippen LogP contribution in [0.15, 0.2) is 42.1 Å². The van der Waals surface area contributed by atoms with Crippen LogP contribution in [0.3, 0.4) is 0 Å². The van der Waals surface area contributed by atoms with Gasteiger partial charge < -0.3 is 5.73 Å². The maximum absolute atomic E-state index is 11.4. The Balaban J connectivity index is 2.94. The number of allylic oxidation sites excluding steroid dienone is 2. The minimum absolute atomic E-state index is 0.113. The first-order chi connectivity index (χ1) is 5.75. The van der Waals surface area contributed by atoms with Gasteiger partial charge in [0.2, 0.25) is 5.78 Å². The van der Waals surface area contributed by atoms with E-state index in [1.165, 1.54) is 0 Å². The van der Waals surface area contributed by atoms with Crippen LogP contribution >= 0.6 is 0 Å². The van der Waals surface area contributed by atoms with Gasteiger partial charge in [-0.3, -0.25) is 4.79 Å². The Labute approximate surface area is 71.7 Å². The first-order valence-corrected chi connectivity index (χ1v) is 3.77. The Morgan fingerprint density at radius 2 is 1.92 bits per heavy atom. The van der Waals surface area contributed by atoms with Crippen LogP contribution in [0.2, 0.25) is 0 Å². The topological polar surface area (TPSA) is 43.1 Å². The molecule has 0 spiro atoms. The van der Waals surface area contributed by atoms with E-state index in [0.29, 0.717) is 11.3 Å². The molecule has 0 saturated heterocycles. The lowest BCUT2D eigenvalue weighted by atomic mass is 10.1. The molecule has 12 heavy (non-hydrogen) atoms. The predicted octanol–water partition coefficient (Wildman–Crippen LogP) is 1.73. The third-order valence-corrected chi connectivity index (χ3v) is 1.61. The van der Waals surface area contributed by atoms with Crippen LogP contribution in [-0.4, -0.2) is 5.78 Å². The van der Waals surface area contributed by atoms with Crippen molar-refractivity contribution in [2.24, 2.45) is 5.73 Å². The normalized spacial score (nSPS) is 11.2. The number of carbonyl (C=O) groups is 1. The second-order valence-electron chi connectivity index (χ2n) is 2.44. The Morgan fingerprint density at radius 3 is 2.42 bits per heavy atom. The number of Topliss-reactive ketones (excluding diaryl/α,β-unsaturated/α-hetero) is 1. The van der Waals surface area contributed by atoms with Crippen molar-refractivity contribution in [2.75, 3.05) is 0 Å².